The van der Waals surface area contributed by atoms with Gasteiger partial charge in [0.05, 0.1) is 0 Å². The quantitative estimate of drug-likeness (QED) is 0.151. The molecule has 3 aliphatic rings. The average molecular weight is 1010 g/mol. The number of aryl methyl sites for hydroxylation is 2. The van der Waals surface area contributed by atoms with Gasteiger partial charge >= 0.3 is 412 Å². The zero-order chi connectivity index (χ0) is 47.9. The fourth-order valence-corrected chi connectivity index (χ4v) is 40.7. The molecule has 2 atom stereocenters. The molecule has 6 aromatic rings. The van der Waals surface area contributed by atoms with E-state index in [-0.39, 0.29) is 28.9 Å². The van der Waals surface area contributed by atoms with Gasteiger partial charge in [-0.25, -0.2) is 0 Å². The molecule has 341 valence electrons. The fourth-order valence-electron chi connectivity index (χ4n) is 11.9. The molecule has 0 spiro atoms. The maximum atomic E-state index is 9.34. The van der Waals surface area contributed by atoms with Gasteiger partial charge in [-0.05, 0) is 0 Å². The predicted octanol–water partition coefficient (Wildman–Crippen LogP) is 15.9. The Balaban J connectivity index is 1.34. The first-order valence-corrected chi connectivity index (χ1v) is 36.1. The first kappa shape index (κ1) is 47.5. The molecule has 2 unspecified atom stereocenters. The molecule has 2 aliphatic carbocycles. The van der Waals surface area contributed by atoms with Crippen LogP contribution in [0.25, 0.3) is 45.5 Å². The molecular formula is C62H71Cl2SiZr. The Morgan fingerprint density at radius 3 is 1.26 bits per heavy atom. The molecule has 0 fully saturated rings. The van der Waals surface area contributed by atoms with Crippen molar-refractivity contribution in [1.82, 2.24) is 0 Å². The van der Waals surface area contributed by atoms with Gasteiger partial charge < -0.3 is 0 Å². The van der Waals surface area contributed by atoms with Crippen molar-refractivity contribution in [3.8, 4) is 33.4 Å². The molecule has 1 heterocycles. The van der Waals surface area contributed by atoms with E-state index in [0.717, 1.165) is 0 Å². The number of benzene rings is 6. The van der Waals surface area contributed by atoms with E-state index in [0.29, 0.717) is 0 Å². The zero-order valence-corrected chi connectivity index (χ0v) is 48.0. The monoisotopic (exact) mass is 1000 g/mol. The van der Waals surface area contributed by atoms with E-state index in [1.807, 2.05) is 0 Å². The zero-order valence-electron chi connectivity index (χ0n) is 42.6. The molecule has 0 nitrogen and oxygen atoms in total. The maximum absolute atomic E-state index is 9.34. The van der Waals surface area contributed by atoms with Crippen LogP contribution in [0.15, 0.2) is 114 Å². The second kappa shape index (κ2) is 15.8. The van der Waals surface area contributed by atoms with E-state index in [2.05, 4.69) is 226 Å². The summed E-state index contributed by atoms with van der Waals surface area (Å²) < 4.78 is 0.999. The van der Waals surface area contributed by atoms with Crippen LogP contribution >= 0.6 is 17.0 Å². The number of allylic oxidation sites excluding steroid dienone is 2. The van der Waals surface area contributed by atoms with Gasteiger partial charge in [-0.15, -0.1) is 0 Å². The van der Waals surface area contributed by atoms with Crippen molar-refractivity contribution in [2.24, 2.45) is 0 Å². The first-order valence-electron chi connectivity index (χ1n) is 24.3. The van der Waals surface area contributed by atoms with Crippen LogP contribution in [-0.2, 0) is 38.1 Å². The van der Waals surface area contributed by atoms with Crippen molar-refractivity contribution >= 4 is 52.3 Å². The molecule has 4 heteroatoms. The summed E-state index contributed by atoms with van der Waals surface area (Å²) >= 11 is -5.65. The van der Waals surface area contributed by atoms with Gasteiger partial charge in [0.1, 0.15) is 0 Å². The minimum absolute atomic E-state index is 0.00739. The van der Waals surface area contributed by atoms with Crippen LogP contribution in [0.5, 0.6) is 0 Å². The van der Waals surface area contributed by atoms with Gasteiger partial charge in [-0.2, -0.15) is 0 Å². The fraction of sp³-hybridized carbons (Fsp3) is 0.355. The summed E-state index contributed by atoms with van der Waals surface area (Å²) in [6.45, 7) is 37.3. The molecule has 0 N–H and O–H groups in total. The van der Waals surface area contributed by atoms with E-state index in [1.165, 1.54) is 114 Å². The van der Waals surface area contributed by atoms with Gasteiger partial charge in [0.2, 0.25) is 0 Å². The van der Waals surface area contributed by atoms with Crippen LogP contribution in [0.4, 0.5) is 0 Å². The van der Waals surface area contributed by atoms with Crippen LogP contribution in [0.1, 0.15) is 160 Å². The van der Waals surface area contributed by atoms with E-state index in [9.17, 15) is 17.0 Å². The molecule has 0 saturated heterocycles. The standard InChI is InChI=1S/2C25H31.C12H9Si.2ClH.Zr/c2*1-16-11-18-10-9-17(2)23(22(18)12-16)19-13-20(24(3,4)5)15-21(14-19)25(6,7)8;1-3-7-11-9(5-1)10-6-2-4-8-12(10)13-11;;;/h2*9-15H,1-8H3;1-7H,13H2;2*1H;/q;;;;;+2/p-2. The Morgan fingerprint density at radius 2 is 0.848 bits per heavy atom. The molecule has 0 radical (unpaired) electrons. The van der Waals surface area contributed by atoms with E-state index in [1.54, 1.807) is 0 Å². The van der Waals surface area contributed by atoms with Crippen LogP contribution in [0.2, 0.25) is 0 Å². The SMILES string of the molecule is CC1=Cc2c(ccc(C)c2-c2cc(C(C)(C)C)cc(C(C)(C)C)c2)[CH]1[Zr]([Cl])([Cl])([c]1cccc2c1[SiH2]c1ccccc1-2)[CH]1C(C)=Cc2c1ccc(C)c2-c1cc(C(C)(C)C)cc(C(C)(C)C)c1. The third-order valence-electron chi connectivity index (χ3n) is 15.6. The first-order chi connectivity index (χ1) is 30.6. The van der Waals surface area contributed by atoms with Gasteiger partial charge in [-0.3, -0.25) is 0 Å². The average Bonchev–Trinajstić information content (AvgIpc) is 3.89. The van der Waals surface area contributed by atoms with Crippen molar-refractivity contribution in [3.05, 3.63) is 170 Å². The molecule has 6 aromatic carbocycles. The molecule has 0 aromatic heterocycles. The molecule has 0 saturated carbocycles. The van der Waals surface area contributed by atoms with E-state index in [4.69, 9.17) is 0 Å². The van der Waals surface area contributed by atoms with Gasteiger partial charge in [0.25, 0.3) is 0 Å². The molecule has 1 aliphatic heterocycles. The molecular weight excluding hydrogens is 935 g/mol. The Hall–Kier alpha value is -3.52. The molecule has 9 rings (SSSR count). The topological polar surface area (TPSA) is 0 Å². The van der Waals surface area contributed by atoms with Gasteiger partial charge in [0.15, 0.2) is 0 Å². The van der Waals surface area contributed by atoms with Gasteiger partial charge in [0, 0.05) is 0 Å². The van der Waals surface area contributed by atoms with Crippen LogP contribution in [0.3, 0.4) is 0 Å². The Morgan fingerprint density at radius 1 is 0.455 bits per heavy atom. The summed E-state index contributed by atoms with van der Waals surface area (Å²) in [5.74, 6) is 0. The Kier molecular flexibility index (Phi) is 11.3. The Bertz CT molecular complexity index is 2850. The Labute approximate surface area is 408 Å². The molecule has 66 heavy (non-hydrogen) atoms. The number of rotatable bonds is 5. The second-order valence-corrected chi connectivity index (χ2v) is 47.0. The minimum atomic E-state index is -5.65. The summed E-state index contributed by atoms with van der Waals surface area (Å²) in [6.07, 6.45) is 4.97. The van der Waals surface area contributed by atoms with Crippen molar-refractivity contribution < 1.29 is 16.4 Å². The third kappa shape index (κ3) is 7.63. The summed E-state index contributed by atoms with van der Waals surface area (Å²) in [5.41, 5.74) is 23.6. The third-order valence-corrected chi connectivity index (χ3v) is 38.8. The summed E-state index contributed by atoms with van der Waals surface area (Å²) in [5, 5.41) is 2.94. The molecule has 0 bridgehead atoms. The number of hydrogen-bond donors (Lipinski definition) is 0. The normalized spacial score (nSPS) is 18.1. The van der Waals surface area contributed by atoms with Gasteiger partial charge in [-0.1, -0.05) is 0 Å². The summed E-state index contributed by atoms with van der Waals surface area (Å²) in [4.78, 5) is 0. The van der Waals surface area contributed by atoms with Crippen molar-refractivity contribution in [2.45, 2.75) is 140 Å². The van der Waals surface area contributed by atoms with E-state index < -0.39 is 25.9 Å². The predicted molar refractivity (Wildman–Crippen MR) is 292 cm³/mol. The van der Waals surface area contributed by atoms with E-state index >= 15 is 0 Å². The van der Waals surface area contributed by atoms with Crippen LogP contribution in [0, 0.1) is 13.8 Å². The van der Waals surface area contributed by atoms with Crippen molar-refractivity contribution in [1.29, 1.82) is 0 Å². The number of hydrogen-bond acceptors (Lipinski definition) is 0. The summed E-state index contributed by atoms with van der Waals surface area (Å²) in [7, 11) is 17.8. The molecule has 0 amide bonds. The van der Waals surface area contributed by atoms with Crippen molar-refractivity contribution in [2.75, 3.05) is 0 Å². The van der Waals surface area contributed by atoms with Crippen molar-refractivity contribution in [3.63, 3.8) is 0 Å². The number of fused-ring (bicyclic) bond motifs is 5. The second-order valence-electron chi connectivity index (χ2n) is 24.6. The summed E-state index contributed by atoms with van der Waals surface area (Å²) in [6, 6.07) is 40.3. The van der Waals surface area contributed by atoms with Crippen LogP contribution in [-0.4, -0.2) is 9.52 Å². The van der Waals surface area contributed by atoms with Crippen LogP contribution < -0.4 is 13.6 Å². The number of halogens is 2.